The van der Waals surface area contributed by atoms with Crippen LogP contribution in [-0.2, 0) is 0 Å². The molecule has 0 spiro atoms. The summed E-state index contributed by atoms with van der Waals surface area (Å²) in [5, 5.41) is 5.47. The molecule has 0 radical (unpaired) electrons. The third-order valence-electron chi connectivity index (χ3n) is 2.54. The molecule has 106 valence electrons. The van der Waals surface area contributed by atoms with Gasteiger partial charge in [0.2, 0.25) is 0 Å². The maximum Gasteiger partial charge on any atom is 0.259 e. The van der Waals surface area contributed by atoms with E-state index >= 15 is 0 Å². The number of nitrogens with zero attached hydrogens (tertiary/aromatic N) is 2. The van der Waals surface area contributed by atoms with Gasteiger partial charge in [0, 0.05) is 11.6 Å². The van der Waals surface area contributed by atoms with Crippen molar-refractivity contribution in [2.24, 2.45) is 0 Å². The van der Waals surface area contributed by atoms with E-state index in [0.717, 1.165) is 10.6 Å². The minimum absolute atomic E-state index is 0.274. The Labute approximate surface area is 138 Å². The average Bonchev–Trinajstić information content (AvgIpc) is 3.08. The number of amides is 1. The molecule has 8 heteroatoms. The average molecular weight is 356 g/mol. The molecule has 0 unspecified atom stereocenters. The fraction of sp³-hybridized carbons (Fsp3) is 0. The highest BCUT2D eigenvalue weighted by atomic mass is 35.5. The van der Waals surface area contributed by atoms with Crippen LogP contribution in [0.3, 0.4) is 0 Å². The van der Waals surface area contributed by atoms with Crippen LogP contribution < -0.4 is 5.32 Å². The van der Waals surface area contributed by atoms with Gasteiger partial charge >= 0.3 is 0 Å². The van der Waals surface area contributed by atoms with Crippen LogP contribution in [0.4, 0.5) is 5.13 Å². The van der Waals surface area contributed by atoms with Crippen molar-refractivity contribution in [1.82, 2.24) is 9.97 Å². The summed E-state index contributed by atoms with van der Waals surface area (Å²) in [6.45, 7) is 0. The smallest absolute Gasteiger partial charge is 0.259 e. The number of hydrogen-bond donors (Lipinski definition) is 1. The fourth-order valence-corrected chi connectivity index (χ4v) is 3.47. The van der Waals surface area contributed by atoms with Crippen LogP contribution in [0.1, 0.15) is 10.4 Å². The summed E-state index contributed by atoms with van der Waals surface area (Å²) in [5.74, 6) is -0.274. The Morgan fingerprint density at radius 2 is 2.05 bits per heavy atom. The van der Waals surface area contributed by atoms with Crippen LogP contribution in [0.15, 0.2) is 35.8 Å². The van der Waals surface area contributed by atoms with E-state index in [2.05, 4.69) is 15.3 Å². The van der Waals surface area contributed by atoms with Crippen molar-refractivity contribution in [3.8, 4) is 10.6 Å². The predicted octanol–water partition coefficient (Wildman–Crippen LogP) is 4.83. The number of thiophene rings is 1. The van der Waals surface area contributed by atoms with Gasteiger partial charge in [0.25, 0.3) is 5.91 Å². The predicted molar refractivity (Wildman–Crippen MR) is 87.6 cm³/mol. The monoisotopic (exact) mass is 355 g/mol. The molecule has 0 aromatic carbocycles. The van der Waals surface area contributed by atoms with Gasteiger partial charge in [-0.15, -0.1) is 22.7 Å². The summed E-state index contributed by atoms with van der Waals surface area (Å²) >= 11 is 14.4. The molecule has 3 aromatic heterocycles. The summed E-state index contributed by atoms with van der Waals surface area (Å²) in [5.41, 5.74) is 1.22. The number of thiazole rings is 1. The highest BCUT2D eigenvalue weighted by Crippen LogP contribution is 2.32. The highest BCUT2D eigenvalue weighted by molar-refractivity contribution is 7.20. The van der Waals surface area contributed by atoms with E-state index < -0.39 is 0 Å². The Hall–Kier alpha value is -1.47. The number of nitrogens with one attached hydrogen (secondary N) is 1. The Morgan fingerprint density at radius 3 is 2.71 bits per heavy atom. The van der Waals surface area contributed by atoms with Crippen molar-refractivity contribution in [3.05, 3.63) is 50.9 Å². The zero-order valence-corrected chi connectivity index (χ0v) is 13.5. The molecule has 0 aliphatic rings. The zero-order chi connectivity index (χ0) is 14.8. The Bertz CT molecular complexity index is 783. The molecule has 1 N–H and O–H groups in total. The van der Waals surface area contributed by atoms with Crippen molar-refractivity contribution in [1.29, 1.82) is 0 Å². The minimum atomic E-state index is -0.274. The van der Waals surface area contributed by atoms with Crippen molar-refractivity contribution in [3.63, 3.8) is 0 Å². The van der Waals surface area contributed by atoms with E-state index in [0.29, 0.717) is 20.2 Å². The maximum atomic E-state index is 12.0. The Morgan fingerprint density at radius 1 is 1.19 bits per heavy atom. The second-order valence-electron chi connectivity index (χ2n) is 3.97. The van der Waals surface area contributed by atoms with E-state index in [1.54, 1.807) is 12.1 Å². The number of rotatable bonds is 3. The first-order valence-corrected chi connectivity index (χ1v) is 8.21. The number of aromatic nitrogens is 2. The first-order chi connectivity index (χ1) is 10.1. The quantitative estimate of drug-likeness (QED) is 0.684. The number of carbonyl (C=O) groups excluding carboxylic acids is 1. The van der Waals surface area contributed by atoms with E-state index in [1.165, 1.54) is 28.9 Å². The van der Waals surface area contributed by atoms with Gasteiger partial charge in [0.05, 0.1) is 20.5 Å². The summed E-state index contributed by atoms with van der Waals surface area (Å²) in [6.07, 6.45) is 1.42. The van der Waals surface area contributed by atoms with Gasteiger partial charge in [-0.3, -0.25) is 10.1 Å². The summed E-state index contributed by atoms with van der Waals surface area (Å²) < 4.78 is 0.704. The lowest BCUT2D eigenvalue weighted by Gasteiger charge is -2.00. The third kappa shape index (κ3) is 3.41. The molecule has 0 aliphatic carbocycles. The minimum Gasteiger partial charge on any atom is -0.298 e. The largest absolute Gasteiger partial charge is 0.298 e. The molecule has 4 nitrogen and oxygen atoms in total. The number of hydrogen-bond acceptors (Lipinski definition) is 5. The second-order valence-corrected chi connectivity index (χ2v) is 6.93. The summed E-state index contributed by atoms with van der Waals surface area (Å²) in [4.78, 5) is 21.2. The van der Waals surface area contributed by atoms with Gasteiger partial charge in [-0.05, 0) is 24.3 Å². The fourth-order valence-electron chi connectivity index (χ4n) is 1.58. The lowest BCUT2D eigenvalue weighted by molar-refractivity contribution is 0.102. The SMILES string of the molecule is O=C(Nc1nc(-c2ccc(Cl)s2)cs1)c1ccc(Cl)nc1. The number of anilines is 1. The molecule has 0 aliphatic heterocycles. The first-order valence-electron chi connectivity index (χ1n) is 5.76. The van der Waals surface area contributed by atoms with Gasteiger partial charge in [0.1, 0.15) is 5.15 Å². The second kappa shape index (κ2) is 6.11. The van der Waals surface area contributed by atoms with Gasteiger partial charge in [-0.2, -0.15) is 0 Å². The summed E-state index contributed by atoms with van der Waals surface area (Å²) in [7, 11) is 0. The van der Waals surface area contributed by atoms with Gasteiger partial charge in [-0.25, -0.2) is 9.97 Å². The first kappa shape index (κ1) is 14.5. The normalized spacial score (nSPS) is 10.6. The molecule has 0 saturated heterocycles. The lowest BCUT2D eigenvalue weighted by Crippen LogP contribution is -2.11. The van der Waals surface area contributed by atoms with Crippen LogP contribution in [0.25, 0.3) is 10.6 Å². The van der Waals surface area contributed by atoms with Crippen LogP contribution in [0, 0.1) is 0 Å². The molecule has 21 heavy (non-hydrogen) atoms. The van der Waals surface area contributed by atoms with Crippen molar-refractivity contribution in [2.45, 2.75) is 0 Å². The third-order valence-corrected chi connectivity index (χ3v) is 4.77. The van der Waals surface area contributed by atoms with Gasteiger partial charge in [-0.1, -0.05) is 23.2 Å². The van der Waals surface area contributed by atoms with Crippen LogP contribution in [0.5, 0.6) is 0 Å². The van der Waals surface area contributed by atoms with Crippen LogP contribution in [0.2, 0.25) is 9.49 Å². The number of halogens is 2. The molecule has 3 aromatic rings. The lowest BCUT2D eigenvalue weighted by atomic mass is 10.3. The van der Waals surface area contributed by atoms with Gasteiger partial charge in [0.15, 0.2) is 5.13 Å². The van der Waals surface area contributed by atoms with Crippen molar-refractivity contribution < 1.29 is 4.79 Å². The van der Waals surface area contributed by atoms with Crippen LogP contribution in [-0.4, -0.2) is 15.9 Å². The molecule has 1 amide bonds. The zero-order valence-electron chi connectivity index (χ0n) is 10.3. The molecule has 3 heterocycles. The van der Waals surface area contributed by atoms with Gasteiger partial charge < -0.3 is 0 Å². The van der Waals surface area contributed by atoms with E-state index in [4.69, 9.17) is 23.2 Å². The van der Waals surface area contributed by atoms with E-state index in [9.17, 15) is 4.79 Å². The molecule has 0 fully saturated rings. The summed E-state index contributed by atoms with van der Waals surface area (Å²) in [6, 6.07) is 6.89. The number of carbonyl (C=O) groups is 1. The van der Waals surface area contributed by atoms with Crippen molar-refractivity contribution in [2.75, 3.05) is 5.32 Å². The van der Waals surface area contributed by atoms with E-state index in [1.807, 2.05) is 17.5 Å². The molecular weight excluding hydrogens is 349 g/mol. The maximum absolute atomic E-state index is 12.0. The van der Waals surface area contributed by atoms with Crippen molar-refractivity contribution >= 4 is 56.9 Å². The highest BCUT2D eigenvalue weighted by Gasteiger charge is 2.11. The number of pyridine rings is 1. The van der Waals surface area contributed by atoms with E-state index in [-0.39, 0.29) is 5.91 Å². The Kier molecular flexibility index (Phi) is 4.21. The molecule has 0 saturated carbocycles. The molecular formula is C13H7Cl2N3OS2. The Balaban J connectivity index is 1.75. The molecule has 0 bridgehead atoms. The molecule has 0 atom stereocenters. The molecule has 3 rings (SSSR count). The van der Waals surface area contributed by atoms with Crippen LogP contribution >= 0.6 is 45.9 Å². The standard InChI is InChI=1S/C13H7Cl2N3OS2/c14-10-3-1-7(5-16-10)12(19)18-13-17-8(6-20-13)9-2-4-11(15)21-9/h1-6H,(H,17,18,19). The topological polar surface area (TPSA) is 54.9 Å².